The van der Waals surface area contributed by atoms with E-state index < -0.39 is 10.8 Å². The van der Waals surface area contributed by atoms with Crippen LogP contribution in [0.5, 0.6) is 0 Å². The van der Waals surface area contributed by atoms with Crippen molar-refractivity contribution in [2.75, 3.05) is 5.32 Å². The maximum atomic E-state index is 12.4. The Morgan fingerprint density at radius 3 is 2.29 bits per heavy atom. The molecule has 3 aromatic carbocycles. The summed E-state index contributed by atoms with van der Waals surface area (Å²) < 4.78 is 0. The predicted octanol–water partition coefficient (Wildman–Crippen LogP) is 4.31. The van der Waals surface area contributed by atoms with Crippen LogP contribution in [0.4, 0.5) is 11.4 Å². The molecule has 2 N–H and O–H groups in total. The molecule has 8 heteroatoms. The van der Waals surface area contributed by atoms with Gasteiger partial charge in [0.05, 0.1) is 10.6 Å². The average Bonchev–Trinajstić information content (AvgIpc) is 2.78. The van der Waals surface area contributed by atoms with E-state index in [0.717, 1.165) is 5.56 Å². The summed E-state index contributed by atoms with van der Waals surface area (Å²) in [4.78, 5) is 35.1. The number of carbonyl (C=O) groups excluding carboxylic acids is 2. The second kappa shape index (κ2) is 9.45. The van der Waals surface area contributed by atoms with Crippen LogP contribution in [0.25, 0.3) is 0 Å². The number of hydrogen-bond donors (Lipinski definition) is 2. The minimum Gasteiger partial charge on any atom is -0.322 e. The number of non-ortho nitro benzene ring substituents is 1. The van der Waals surface area contributed by atoms with Crippen LogP contribution in [0.1, 0.15) is 38.8 Å². The highest BCUT2D eigenvalue weighted by atomic mass is 16.6. The number of nitrogens with zero attached hydrogens (tertiary/aromatic N) is 2. The van der Waals surface area contributed by atoms with Gasteiger partial charge in [0.1, 0.15) is 0 Å². The third-order valence-corrected chi connectivity index (χ3v) is 4.59. The van der Waals surface area contributed by atoms with Crippen LogP contribution in [-0.2, 0) is 0 Å². The highest BCUT2D eigenvalue weighted by Gasteiger charge is 2.11. The quantitative estimate of drug-likeness (QED) is 0.354. The van der Waals surface area contributed by atoms with Crippen molar-refractivity contribution in [3.05, 3.63) is 105 Å². The van der Waals surface area contributed by atoms with Gasteiger partial charge in [0.2, 0.25) is 0 Å². The minimum atomic E-state index is -0.491. The summed E-state index contributed by atoms with van der Waals surface area (Å²) in [6.07, 6.45) is 0. The molecule has 0 aromatic heterocycles. The fraction of sp³-hybridized carbons (Fsp3) is 0.0870. The highest BCUT2D eigenvalue weighted by Crippen LogP contribution is 2.15. The number of carbonyl (C=O) groups is 2. The third kappa shape index (κ3) is 5.39. The molecule has 31 heavy (non-hydrogen) atoms. The second-order valence-corrected chi connectivity index (χ2v) is 6.79. The molecule has 0 spiro atoms. The fourth-order valence-corrected chi connectivity index (χ4v) is 2.84. The zero-order valence-corrected chi connectivity index (χ0v) is 17.0. The van der Waals surface area contributed by atoms with Gasteiger partial charge in [0.25, 0.3) is 17.5 Å². The summed E-state index contributed by atoms with van der Waals surface area (Å²) in [6.45, 7) is 3.50. The van der Waals surface area contributed by atoms with E-state index in [2.05, 4.69) is 15.8 Å². The number of nitro benzene ring substituents is 1. The molecule has 0 bridgehead atoms. The molecule has 0 aliphatic heterocycles. The van der Waals surface area contributed by atoms with Crippen molar-refractivity contribution in [2.45, 2.75) is 13.8 Å². The number of hydrogen-bond acceptors (Lipinski definition) is 5. The van der Waals surface area contributed by atoms with E-state index in [1.54, 1.807) is 55.5 Å². The topological polar surface area (TPSA) is 114 Å². The molecule has 3 rings (SSSR count). The lowest BCUT2D eigenvalue weighted by atomic mass is 10.1. The molecule has 0 saturated carbocycles. The lowest BCUT2D eigenvalue weighted by Crippen LogP contribution is -2.19. The minimum absolute atomic E-state index is 0.0540. The number of nitrogens with one attached hydrogen (secondary N) is 2. The largest absolute Gasteiger partial charge is 0.322 e. The molecule has 0 fully saturated rings. The second-order valence-electron chi connectivity index (χ2n) is 6.79. The maximum absolute atomic E-state index is 12.4. The van der Waals surface area contributed by atoms with Crippen molar-refractivity contribution in [1.29, 1.82) is 0 Å². The van der Waals surface area contributed by atoms with Crippen LogP contribution in [0, 0.1) is 17.0 Å². The van der Waals surface area contributed by atoms with E-state index in [4.69, 9.17) is 0 Å². The van der Waals surface area contributed by atoms with Crippen LogP contribution in [0.15, 0.2) is 77.9 Å². The Morgan fingerprint density at radius 2 is 1.61 bits per heavy atom. The Labute approximate surface area is 178 Å². The van der Waals surface area contributed by atoms with Gasteiger partial charge in [-0.25, -0.2) is 5.43 Å². The Bertz CT molecular complexity index is 1170. The third-order valence-electron chi connectivity index (χ3n) is 4.59. The van der Waals surface area contributed by atoms with Gasteiger partial charge in [-0.05, 0) is 49.7 Å². The van der Waals surface area contributed by atoms with Gasteiger partial charge in [0, 0.05) is 34.5 Å². The highest BCUT2D eigenvalue weighted by molar-refractivity contribution is 6.05. The van der Waals surface area contributed by atoms with Gasteiger partial charge < -0.3 is 5.32 Å². The summed E-state index contributed by atoms with van der Waals surface area (Å²) in [6, 6.07) is 19.7. The number of anilines is 1. The van der Waals surface area contributed by atoms with Crippen LogP contribution < -0.4 is 10.7 Å². The van der Waals surface area contributed by atoms with Crippen molar-refractivity contribution in [3.8, 4) is 0 Å². The summed E-state index contributed by atoms with van der Waals surface area (Å²) in [5.74, 6) is -0.672. The number of rotatable bonds is 6. The van der Waals surface area contributed by atoms with Crippen LogP contribution in [0.2, 0.25) is 0 Å². The van der Waals surface area contributed by atoms with E-state index in [1.165, 1.54) is 12.1 Å². The first-order valence-corrected chi connectivity index (χ1v) is 9.41. The van der Waals surface area contributed by atoms with Crippen LogP contribution in [0.3, 0.4) is 0 Å². The van der Waals surface area contributed by atoms with Crippen molar-refractivity contribution >= 4 is 28.9 Å². The van der Waals surface area contributed by atoms with Crippen molar-refractivity contribution in [1.82, 2.24) is 5.43 Å². The first kappa shape index (κ1) is 21.4. The first-order chi connectivity index (χ1) is 14.8. The van der Waals surface area contributed by atoms with E-state index in [9.17, 15) is 19.7 Å². The normalized spacial score (nSPS) is 11.0. The summed E-state index contributed by atoms with van der Waals surface area (Å²) >= 11 is 0. The number of benzene rings is 3. The molecule has 0 unspecified atom stereocenters. The number of hydrazone groups is 1. The Morgan fingerprint density at radius 1 is 0.903 bits per heavy atom. The first-order valence-electron chi connectivity index (χ1n) is 9.41. The van der Waals surface area contributed by atoms with Crippen molar-refractivity contribution < 1.29 is 14.5 Å². The molecule has 0 atom stereocenters. The average molecular weight is 416 g/mol. The molecule has 0 aliphatic carbocycles. The predicted molar refractivity (Wildman–Crippen MR) is 118 cm³/mol. The van der Waals surface area contributed by atoms with Crippen molar-refractivity contribution in [2.24, 2.45) is 5.10 Å². The lowest BCUT2D eigenvalue weighted by molar-refractivity contribution is -0.384. The van der Waals surface area contributed by atoms with Crippen molar-refractivity contribution in [3.63, 3.8) is 0 Å². The summed E-state index contributed by atoms with van der Waals surface area (Å²) in [5, 5.41) is 17.7. The Hall–Kier alpha value is -4.33. The molecule has 156 valence electrons. The number of aryl methyl sites for hydroxylation is 1. The lowest BCUT2D eigenvalue weighted by Gasteiger charge is -2.08. The molecule has 0 radical (unpaired) electrons. The SMILES string of the molecule is C/C(=N\NC(=O)c1ccc(NC(=O)c2ccccc2C)cc1)c1cccc([N+](=O)[O-])c1. The van der Waals surface area contributed by atoms with Gasteiger partial charge >= 0.3 is 0 Å². The molecule has 0 aliphatic rings. The van der Waals surface area contributed by atoms with Gasteiger partial charge in [-0.2, -0.15) is 5.10 Å². The molecule has 0 heterocycles. The summed E-state index contributed by atoms with van der Waals surface area (Å²) in [5.41, 5.74) is 5.69. The molecular formula is C23H20N4O4. The summed E-state index contributed by atoms with van der Waals surface area (Å²) in [7, 11) is 0. The van der Waals surface area contributed by atoms with E-state index >= 15 is 0 Å². The standard InChI is InChI=1S/C23H20N4O4/c1-15-6-3-4-9-21(15)23(29)24-19-12-10-17(11-13-19)22(28)26-25-16(2)18-7-5-8-20(14-18)27(30)31/h3-14H,1-2H3,(H,24,29)(H,26,28)/b25-16+. The molecular weight excluding hydrogens is 396 g/mol. The van der Waals surface area contributed by atoms with E-state index in [0.29, 0.717) is 28.1 Å². The van der Waals surface area contributed by atoms with Gasteiger partial charge in [0.15, 0.2) is 0 Å². The van der Waals surface area contributed by atoms with E-state index in [1.807, 2.05) is 19.1 Å². The van der Waals surface area contributed by atoms with E-state index in [-0.39, 0.29) is 11.6 Å². The van der Waals surface area contributed by atoms with Crippen LogP contribution >= 0.6 is 0 Å². The Kier molecular flexibility index (Phi) is 6.51. The molecule has 0 saturated heterocycles. The Balaban J connectivity index is 1.64. The fourth-order valence-electron chi connectivity index (χ4n) is 2.84. The van der Waals surface area contributed by atoms with Gasteiger partial charge in [-0.3, -0.25) is 19.7 Å². The zero-order chi connectivity index (χ0) is 22.4. The molecule has 2 amide bonds. The molecule has 3 aromatic rings. The number of amides is 2. The number of nitro groups is 1. The monoisotopic (exact) mass is 416 g/mol. The maximum Gasteiger partial charge on any atom is 0.271 e. The zero-order valence-electron chi connectivity index (χ0n) is 17.0. The van der Waals surface area contributed by atoms with Gasteiger partial charge in [-0.1, -0.05) is 30.3 Å². The van der Waals surface area contributed by atoms with Gasteiger partial charge in [-0.15, -0.1) is 0 Å². The van der Waals surface area contributed by atoms with Crippen LogP contribution in [-0.4, -0.2) is 22.4 Å². The molecule has 8 nitrogen and oxygen atoms in total. The smallest absolute Gasteiger partial charge is 0.271 e.